The van der Waals surface area contributed by atoms with Gasteiger partial charge in [0.05, 0.1) is 11.3 Å². The Morgan fingerprint density at radius 1 is 1.35 bits per heavy atom. The molecule has 0 saturated heterocycles. The van der Waals surface area contributed by atoms with Crippen molar-refractivity contribution in [1.29, 1.82) is 0 Å². The number of rotatable bonds is 4. The van der Waals surface area contributed by atoms with E-state index in [4.69, 9.17) is 0 Å². The Morgan fingerprint density at radius 2 is 2.05 bits per heavy atom. The van der Waals surface area contributed by atoms with Crippen molar-refractivity contribution in [2.24, 2.45) is 0 Å². The van der Waals surface area contributed by atoms with Crippen LogP contribution >= 0.6 is 0 Å². The average molecular weight is 308 g/mol. The van der Waals surface area contributed by atoms with E-state index in [2.05, 4.69) is 5.32 Å². The van der Waals surface area contributed by atoms with Crippen molar-refractivity contribution in [1.82, 2.24) is 4.31 Å². The molecule has 1 heterocycles. The van der Waals surface area contributed by atoms with Crippen molar-refractivity contribution in [3.63, 3.8) is 0 Å². The number of benzene rings is 1. The molecular formula is C12H15F3N2O2S. The second kappa shape index (κ2) is 5.25. The predicted octanol–water partition coefficient (Wildman–Crippen LogP) is 2.23. The van der Waals surface area contributed by atoms with Crippen LogP contribution in [-0.4, -0.2) is 39.0 Å². The van der Waals surface area contributed by atoms with Crippen molar-refractivity contribution >= 4 is 15.7 Å². The van der Waals surface area contributed by atoms with E-state index in [0.717, 1.165) is 35.6 Å². The van der Waals surface area contributed by atoms with Gasteiger partial charge in [-0.2, -0.15) is 13.2 Å². The van der Waals surface area contributed by atoms with Gasteiger partial charge in [-0.25, -0.2) is 12.7 Å². The molecule has 0 radical (unpaired) electrons. The largest absolute Gasteiger partial charge is 0.390 e. The normalized spacial score (nSPS) is 15.2. The van der Waals surface area contributed by atoms with Gasteiger partial charge >= 0.3 is 6.18 Å². The fraction of sp³-hybridized carbons (Fsp3) is 0.500. The standard InChI is InChI=1S/C12H15F3N2O2S/c1-17(7-5-12(13,14)15)20(18,19)10-3-2-9-4-6-16-11(9)8-10/h2-3,8,16H,4-7H2,1H3. The molecule has 1 aromatic rings. The first kappa shape index (κ1) is 15.1. The molecule has 0 amide bonds. The van der Waals surface area contributed by atoms with Gasteiger partial charge in [-0.15, -0.1) is 0 Å². The monoisotopic (exact) mass is 308 g/mol. The van der Waals surface area contributed by atoms with Gasteiger partial charge < -0.3 is 5.32 Å². The van der Waals surface area contributed by atoms with E-state index >= 15 is 0 Å². The number of anilines is 1. The molecule has 0 saturated carbocycles. The quantitative estimate of drug-likeness (QED) is 0.928. The maximum Gasteiger partial charge on any atom is 0.390 e. The summed E-state index contributed by atoms with van der Waals surface area (Å²) in [6.45, 7) is 0.152. The van der Waals surface area contributed by atoms with Gasteiger partial charge in [-0.3, -0.25) is 0 Å². The van der Waals surface area contributed by atoms with Gasteiger partial charge in [0.25, 0.3) is 0 Å². The molecule has 1 N–H and O–H groups in total. The molecule has 8 heteroatoms. The molecule has 0 spiro atoms. The number of nitrogens with one attached hydrogen (secondary N) is 1. The number of halogens is 3. The highest BCUT2D eigenvalue weighted by Gasteiger charge is 2.30. The number of sulfonamides is 1. The smallest absolute Gasteiger partial charge is 0.384 e. The first-order valence-corrected chi connectivity index (χ1v) is 7.54. The topological polar surface area (TPSA) is 49.4 Å². The van der Waals surface area contributed by atoms with Crippen molar-refractivity contribution in [3.8, 4) is 0 Å². The highest BCUT2D eigenvalue weighted by atomic mass is 32.2. The predicted molar refractivity (Wildman–Crippen MR) is 69.1 cm³/mol. The lowest BCUT2D eigenvalue weighted by Crippen LogP contribution is -2.30. The zero-order valence-corrected chi connectivity index (χ0v) is 11.7. The third-order valence-corrected chi connectivity index (χ3v) is 5.06. The Bertz CT molecular complexity index is 599. The molecule has 0 aliphatic carbocycles. The lowest BCUT2D eigenvalue weighted by atomic mass is 10.2. The zero-order valence-electron chi connectivity index (χ0n) is 10.9. The summed E-state index contributed by atoms with van der Waals surface area (Å²) in [5, 5.41) is 3.04. The van der Waals surface area contributed by atoms with Crippen LogP contribution in [0.5, 0.6) is 0 Å². The van der Waals surface area contributed by atoms with Crippen LogP contribution in [0.4, 0.5) is 18.9 Å². The van der Waals surface area contributed by atoms with Crippen molar-refractivity contribution < 1.29 is 21.6 Å². The second-order valence-corrected chi connectivity index (χ2v) is 6.73. The minimum Gasteiger partial charge on any atom is -0.384 e. The van der Waals surface area contributed by atoms with Crippen LogP contribution in [0.3, 0.4) is 0 Å². The van der Waals surface area contributed by atoms with Crippen LogP contribution in [0.15, 0.2) is 23.1 Å². The van der Waals surface area contributed by atoms with E-state index in [1.54, 1.807) is 6.07 Å². The zero-order chi connectivity index (χ0) is 15.0. The summed E-state index contributed by atoms with van der Waals surface area (Å²) < 4.78 is 61.6. The molecule has 4 nitrogen and oxygen atoms in total. The Hall–Kier alpha value is -1.28. The van der Waals surface area contributed by atoms with E-state index in [-0.39, 0.29) is 4.90 Å². The molecule has 1 aromatic carbocycles. The summed E-state index contributed by atoms with van der Waals surface area (Å²) in [4.78, 5) is 0.00956. The van der Waals surface area contributed by atoms with Crippen molar-refractivity contribution in [2.45, 2.75) is 23.9 Å². The fourth-order valence-corrected chi connectivity index (χ4v) is 3.21. The molecule has 0 unspecified atom stereocenters. The Kier molecular flexibility index (Phi) is 3.97. The minimum atomic E-state index is -4.37. The Balaban J connectivity index is 2.17. The first-order valence-electron chi connectivity index (χ1n) is 6.10. The fourth-order valence-electron chi connectivity index (χ4n) is 2.01. The second-order valence-electron chi connectivity index (χ2n) is 4.69. The molecule has 0 fully saturated rings. The average Bonchev–Trinajstić information content (AvgIpc) is 2.81. The number of fused-ring (bicyclic) bond motifs is 1. The molecule has 0 bridgehead atoms. The Morgan fingerprint density at radius 3 is 2.70 bits per heavy atom. The van der Waals surface area contributed by atoms with E-state index in [0.29, 0.717) is 0 Å². The third kappa shape index (κ3) is 3.24. The van der Waals surface area contributed by atoms with Crippen LogP contribution in [-0.2, 0) is 16.4 Å². The molecule has 0 atom stereocenters. The van der Waals surface area contributed by atoms with Gasteiger partial charge in [0.15, 0.2) is 0 Å². The number of nitrogens with zero attached hydrogens (tertiary/aromatic N) is 1. The van der Waals surface area contributed by atoms with Gasteiger partial charge in [0.2, 0.25) is 10.0 Å². The summed E-state index contributed by atoms with van der Waals surface area (Å²) in [6.07, 6.45) is -4.71. The van der Waals surface area contributed by atoms with Crippen LogP contribution in [0.2, 0.25) is 0 Å². The SMILES string of the molecule is CN(CCC(F)(F)F)S(=O)(=O)c1ccc2c(c1)NCC2. The maximum absolute atomic E-state index is 12.2. The highest BCUT2D eigenvalue weighted by molar-refractivity contribution is 7.89. The van der Waals surface area contributed by atoms with Crippen molar-refractivity contribution in [3.05, 3.63) is 23.8 Å². The van der Waals surface area contributed by atoms with E-state index < -0.39 is 29.2 Å². The number of alkyl halides is 3. The molecule has 2 rings (SSSR count). The molecule has 1 aliphatic rings. The van der Waals surface area contributed by atoms with Gasteiger partial charge in [0, 0.05) is 25.8 Å². The van der Waals surface area contributed by atoms with Gasteiger partial charge in [0.1, 0.15) is 0 Å². The van der Waals surface area contributed by atoms with Gasteiger partial charge in [-0.05, 0) is 24.1 Å². The summed E-state index contributed by atoms with van der Waals surface area (Å²) in [7, 11) is -2.74. The third-order valence-electron chi connectivity index (χ3n) is 3.21. The maximum atomic E-state index is 12.2. The molecule has 20 heavy (non-hydrogen) atoms. The summed E-state index contributed by atoms with van der Waals surface area (Å²) in [5.41, 5.74) is 1.75. The molecule has 0 aromatic heterocycles. The molecular weight excluding hydrogens is 293 g/mol. The van der Waals surface area contributed by atoms with Crippen LogP contribution < -0.4 is 5.32 Å². The van der Waals surface area contributed by atoms with Crippen LogP contribution in [0.1, 0.15) is 12.0 Å². The van der Waals surface area contributed by atoms with E-state index in [1.807, 2.05) is 0 Å². The Labute approximate surface area is 115 Å². The summed E-state index contributed by atoms with van der Waals surface area (Å²) in [5.74, 6) is 0. The lowest BCUT2D eigenvalue weighted by Gasteiger charge is -2.18. The number of hydrogen-bond donors (Lipinski definition) is 1. The molecule has 112 valence electrons. The highest BCUT2D eigenvalue weighted by Crippen LogP contribution is 2.27. The first-order chi connectivity index (χ1) is 9.20. The minimum absolute atomic E-state index is 0.00956. The van der Waals surface area contributed by atoms with Crippen molar-refractivity contribution in [2.75, 3.05) is 25.5 Å². The summed E-state index contributed by atoms with van der Waals surface area (Å²) >= 11 is 0. The number of hydrogen-bond acceptors (Lipinski definition) is 3. The van der Waals surface area contributed by atoms with Crippen LogP contribution in [0.25, 0.3) is 0 Å². The van der Waals surface area contributed by atoms with E-state index in [1.165, 1.54) is 12.1 Å². The van der Waals surface area contributed by atoms with Gasteiger partial charge in [-0.1, -0.05) is 6.07 Å². The summed E-state index contributed by atoms with van der Waals surface area (Å²) in [6, 6.07) is 4.60. The van der Waals surface area contributed by atoms with Crippen LogP contribution in [0, 0.1) is 0 Å². The van der Waals surface area contributed by atoms with E-state index in [9.17, 15) is 21.6 Å². The lowest BCUT2D eigenvalue weighted by molar-refractivity contribution is -0.135. The molecule has 1 aliphatic heterocycles.